The summed E-state index contributed by atoms with van der Waals surface area (Å²) in [5, 5.41) is 8.79. The quantitative estimate of drug-likeness (QED) is 0.221. The van der Waals surface area contributed by atoms with E-state index in [2.05, 4.69) is 51.3 Å². The number of thioether (sulfide) groups is 1. The number of benzene rings is 2. The van der Waals surface area contributed by atoms with Crippen LogP contribution in [0.3, 0.4) is 0 Å². The number of carbonyl (C=O) groups excluding carboxylic acids is 3. The molecule has 0 bridgehead atoms. The van der Waals surface area contributed by atoms with Crippen LogP contribution in [0.5, 0.6) is 5.75 Å². The van der Waals surface area contributed by atoms with Gasteiger partial charge in [-0.2, -0.15) is 5.26 Å². The number of hydrogen-bond acceptors (Lipinski definition) is 7. The van der Waals surface area contributed by atoms with Gasteiger partial charge in [0.05, 0.1) is 26.7 Å². The van der Waals surface area contributed by atoms with Crippen LogP contribution in [-0.2, 0) is 20.9 Å². The highest BCUT2D eigenvalue weighted by atomic mass is 127. The molecule has 1 saturated heterocycles. The smallest absolute Gasteiger partial charge is 0.329 e. The van der Waals surface area contributed by atoms with Crippen LogP contribution in [0, 0.1) is 18.5 Å². The van der Waals surface area contributed by atoms with Gasteiger partial charge in [-0.05, 0) is 95.1 Å². The summed E-state index contributed by atoms with van der Waals surface area (Å²) >= 11 is 5.08. The SMILES string of the molecule is CCOC(=O)[C@@H](C)N1C(=O)S/C(=C/c2cc(I)cc(I)c2OCc2ccccc2C#N)C1=O. The molecule has 3 rings (SSSR count). The highest BCUT2D eigenvalue weighted by Crippen LogP contribution is 2.37. The third kappa shape index (κ3) is 5.88. The van der Waals surface area contributed by atoms with E-state index < -0.39 is 23.2 Å². The molecule has 2 amide bonds. The van der Waals surface area contributed by atoms with E-state index in [1.165, 1.54) is 6.92 Å². The predicted octanol–water partition coefficient (Wildman–Crippen LogP) is 5.33. The number of esters is 1. The molecule has 1 fully saturated rings. The number of imide groups is 1. The first-order chi connectivity index (χ1) is 15.8. The van der Waals surface area contributed by atoms with Gasteiger partial charge >= 0.3 is 5.97 Å². The standard InChI is InChI=1S/C23H18I2N2O5S/c1-3-31-22(29)13(2)27-21(28)19(33-23(27)30)9-16-8-17(24)10-18(25)20(16)32-12-15-7-5-4-6-14(15)11-26/h4-10,13H,3,12H2,1-2H3/b19-9+/t13-/m1/s1. The van der Waals surface area contributed by atoms with Crippen LogP contribution in [0.15, 0.2) is 41.3 Å². The Hall–Kier alpha value is -2.11. The zero-order chi connectivity index (χ0) is 24.1. The molecule has 0 aromatic heterocycles. The summed E-state index contributed by atoms with van der Waals surface area (Å²) in [6, 6.07) is 12.1. The molecular weight excluding hydrogens is 670 g/mol. The van der Waals surface area contributed by atoms with Crippen molar-refractivity contribution in [1.82, 2.24) is 4.90 Å². The number of nitriles is 1. The van der Waals surface area contributed by atoms with E-state index in [4.69, 9.17) is 9.47 Å². The second-order valence-corrected chi connectivity index (χ2v) is 10.2. The number of carbonyl (C=O) groups is 3. The van der Waals surface area contributed by atoms with Crippen molar-refractivity contribution in [2.45, 2.75) is 26.5 Å². The van der Waals surface area contributed by atoms with E-state index in [1.807, 2.05) is 24.3 Å². The zero-order valence-corrected chi connectivity index (χ0v) is 22.8. The van der Waals surface area contributed by atoms with E-state index in [0.29, 0.717) is 16.9 Å². The van der Waals surface area contributed by atoms with Crippen molar-refractivity contribution in [1.29, 1.82) is 5.26 Å². The summed E-state index contributed by atoms with van der Waals surface area (Å²) in [7, 11) is 0. The molecule has 0 N–H and O–H groups in total. The molecule has 33 heavy (non-hydrogen) atoms. The van der Waals surface area contributed by atoms with Crippen molar-refractivity contribution in [2.24, 2.45) is 0 Å². The lowest BCUT2D eigenvalue weighted by Gasteiger charge is -2.19. The van der Waals surface area contributed by atoms with Crippen LogP contribution in [-0.4, -0.2) is 34.7 Å². The Labute approximate surface area is 222 Å². The van der Waals surface area contributed by atoms with Gasteiger partial charge in [-0.3, -0.25) is 14.5 Å². The van der Waals surface area contributed by atoms with Gasteiger partial charge in [-0.25, -0.2) is 4.79 Å². The fraction of sp³-hybridized carbons (Fsp3) is 0.217. The largest absolute Gasteiger partial charge is 0.487 e. The van der Waals surface area contributed by atoms with E-state index >= 15 is 0 Å². The van der Waals surface area contributed by atoms with Crippen molar-refractivity contribution in [3.05, 3.63) is 65.1 Å². The molecule has 0 spiro atoms. The number of nitrogens with zero attached hydrogens (tertiary/aromatic N) is 2. The monoisotopic (exact) mass is 688 g/mol. The maximum Gasteiger partial charge on any atom is 0.329 e. The summed E-state index contributed by atoms with van der Waals surface area (Å²) in [5.74, 6) is -0.653. The second kappa shape index (κ2) is 11.3. The third-order valence-electron chi connectivity index (χ3n) is 4.67. The summed E-state index contributed by atoms with van der Waals surface area (Å²) in [6.07, 6.45) is 1.60. The van der Waals surface area contributed by atoms with Gasteiger partial charge in [0.2, 0.25) is 0 Å². The maximum atomic E-state index is 12.9. The Bertz CT molecular complexity index is 1190. The average molecular weight is 688 g/mol. The molecule has 2 aromatic rings. The number of rotatable bonds is 7. The second-order valence-electron chi connectivity index (χ2n) is 6.84. The summed E-state index contributed by atoms with van der Waals surface area (Å²) in [5.41, 5.74) is 1.88. The molecule has 0 unspecified atom stereocenters. The first-order valence-corrected chi connectivity index (χ1v) is 12.8. The molecule has 1 heterocycles. The molecule has 0 radical (unpaired) electrons. The fourth-order valence-electron chi connectivity index (χ4n) is 3.07. The van der Waals surface area contributed by atoms with Crippen LogP contribution in [0.1, 0.15) is 30.5 Å². The van der Waals surface area contributed by atoms with E-state index in [9.17, 15) is 19.6 Å². The molecular formula is C23H18I2N2O5S. The van der Waals surface area contributed by atoms with E-state index in [1.54, 1.807) is 25.1 Å². The van der Waals surface area contributed by atoms with E-state index in [0.717, 1.165) is 29.4 Å². The van der Waals surface area contributed by atoms with Gasteiger partial charge in [-0.1, -0.05) is 18.2 Å². The van der Waals surface area contributed by atoms with Gasteiger partial charge in [-0.15, -0.1) is 0 Å². The van der Waals surface area contributed by atoms with Crippen molar-refractivity contribution in [3.8, 4) is 11.8 Å². The van der Waals surface area contributed by atoms with E-state index in [-0.39, 0.29) is 18.1 Å². The molecule has 1 atom stereocenters. The Morgan fingerprint density at radius 1 is 1.27 bits per heavy atom. The van der Waals surface area contributed by atoms with Gasteiger partial charge < -0.3 is 9.47 Å². The highest BCUT2D eigenvalue weighted by Gasteiger charge is 2.41. The minimum atomic E-state index is -1.02. The molecule has 10 heteroatoms. The Kier molecular flexibility index (Phi) is 8.77. The highest BCUT2D eigenvalue weighted by molar-refractivity contribution is 14.1. The number of hydrogen-bond donors (Lipinski definition) is 0. The minimum Gasteiger partial charge on any atom is -0.487 e. The lowest BCUT2D eigenvalue weighted by atomic mass is 10.1. The summed E-state index contributed by atoms with van der Waals surface area (Å²) in [4.78, 5) is 38.6. The van der Waals surface area contributed by atoms with Gasteiger partial charge in [0, 0.05) is 14.7 Å². The topological polar surface area (TPSA) is 96.7 Å². The molecule has 0 saturated carbocycles. The maximum absolute atomic E-state index is 12.9. The van der Waals surface area contributed by atoms with Crippen molar-refractivity contribution in [2.75, 3.05) is 6.61 Å². The normalized spacial score (nSPS) is 15.5. The van der Waals surface area contributed by atoms with Crippen LogP contribution in [0.25, 0.3) is 6.08 Å². The Morgan fingerprint density at radius 3 is 2.70 bits per heavy atom. The Balaban J connectivity index is 1.92. The lowest BCUT2D eigenvalue weighted by molar-refractivity contribution is -0.150. The van der Waals surface area contributed by atoms with Gasteiger partial charge in [0.25, 0.3) is 11.1 Å². The zero-order valence-electron chi connectivity index (χ0n) is 17.6. The average Bonchev–Trinajstić information content (AvgIpc) is 3.05. The molecule has 2 aromatic carbocycles. The summed E-state index contributed by atoms with van der Waals surface area (Å²) < 4.78 is 12.8. The lowest BCUT2D eigenvalue weighted by Crippen LogP contribution is -2.42. The van der Waals surface area contributed by atoms with Crippen LogP contribution >= 0.6 is 56.9 Å². The first-order valence-electron chi connectivity index (χ1n) is 9.80. The number of amides is 2. The fourth-order valence-corrected chi connectivity index (χ4v) is 6.01. The van der Waals surface area contributed by atoms with Gasteiger partial charge in [0.1, 0.15) is 18.4 Å². The van der Waals surface area contributed by atoms with Crippen LogP contribution in [0.4, 0.5) is 4.79 Å². The first kappa shape index (κ1) is 25.5. The minimum absolute atomic E-state index is 0.158. The number of halogens is 2. The molecule has 170 valence electrons. The molecule has 7 nitrogen and oxygen atoms in total. The van der Waals surface area contributed by atoms with Gasteiger partial charge in [0.15, 0.2) is 0 Å². The summed E-state index contributed by atoms with van der Waals surface area (Å²) in [6.45, 7) is 3.45. The van der Waals surface area contributed by atoms with Crippen molar-refractivity contribution < 1.29 is 23.9 Å². The Morgan fingerprint density at radius 2 is 2.00 bits per heavy atom. The predicted molar refractivity (Wildman–Crippen MR) is 141 cm³/mol. The van der Waals surface area contributed by atoms with Crippen molar-refractivity contribution >= 4 is 80.1 Å². The molecule has 0 aliphatic carbocycles. The van der Waals surface area contributed by atoms with Crippen LogP contribution < -0.4 is 4.74 Å². The van der Waals surface area contributed by atoms with Crippen LogP contribution in [0.2, 0.25) is 0 Å². The third-order valence-corrected chi connectivity index (χ3v) is 6.98. The molecule has 1 aliphatic rings. The molecule has 1 aliphatic heterocycles. The van der Waals surface area contributed by atoms with Crippen molar-refractivity contribution in [3.63, 3.8) is 0 Å². The number of ether oxygens (including phenoxy) is 2.